The fourth-order valence-corrected chi connectivity index (χ4v) is 4.06. The highest BCUT2D eigenvalue weighted by Crippen LogP contribution is 2.22. The lowest BCUT2D eigenvalue weighted by molar-refractivity contribution is -0.678. The van der Waals surface area contributed by atoms with Gasteiger partial charge in [-0.25, -0.2) is 9.13 Å². The maximum Gasteiger partial charge on any atom is 0.261 e. The zero-order valence-electron chi connectivity index (χ0n) is 17.3. The summed E-state index contributed by atoms with van der Waals surface area (Å²) in [6, 6.07) is 32.4. The van der Waals surface area contributed by atoms with Crippen molar-refractivity contribution in [2.75, 3.05) is 0 Å². The van der Waals surface area contributed by atoms with Gasteiger partial charge in [0.2, 0.25) is 0 Å². The van der Waals surface area contributed by atoms with Crippen LogP contribution in [0.15, 0.2) is 97.2 Å². The molecule has 0 aliphatic rings. The lowest BCUT2D eigenvalue weighted by atomic mass is 9.96. The van der Waals surface area contributed by atoms with Crippen molar-refractivity contribution in [3.8, 4) is 0 Å². The molecule has 29 heavy (non-hydrogen) atoms. The van der Waals surface area contributed by atoms with E-state index >= 15 is 0 Å². The molecule has 0 aliphatic heterocycles. The maximum atomic E-state index is 2.52. The van der Waals surface area contributed by atoms with Crippen molar-refractivity contribution < 1.29 is 4.57 Å². The Kier molecular flexibility index (Phi) is 5.90. The van der Waals surface area contributed by atoms with Crippen molar-refractivity contribution in [3.63, 3.8) is 0 Å². The topological polar surface area (TPSA) is 8.81 Å². The Labute approximate surface area is 174 Å². The second-order valence-electron chi connectivity index (χ2n) is 7.90. The van der Waals surface area contributed by atoms with Crippen molar-refractivity contribution >= 4 is 0 Å². The molecule has 3 aromatic carbocycles. The second kappa shape index (κ2) is 8.91. The molecule has 2 nitrogen and oxygen atoms in total. The molecule has 1 heterocycles. The SMILES string of the molecule is CC(Cc1c[n+](C)c(Cc2ccccc2)n1Cc1ccccc1)c1ccccc1. The van der Waals surface area contributed by atoms with Crippen LogP contribution in [0, 0.1) is 0 Å². The summed E-state index contributed by atoms with van der Waals surface area (Å²) >= 11 is 0. The number of nitrogens with zero attached hydrogens (tertiary/aromatic N) is 2. The van der Waals surface area contributed by atoms with Crippen LogP contribution in [0.25, 0.3) is 0 Å². The predicted octanol–water partition coefficient (Wildman–Crippen LogP) is 5.30. The van der Waals surface area contributed by atoms with Crippen molar-refractivity contribution in [2.24, 2.45) is 7.05 Å². The minimum absolute atomic E-state index is 0.477. The summed E-state index contributed by atoms with van der Waals surface area (Å²) in [6.45, 7) is 3.23. The smallest absolute Gasteiger partial charge is 0.236 e. The highest BCUT2D eigenvalue weighted by molar-refractivity contribution is 5.24. The van der Waals surface area contributed by atoms with Crippen LogP contribution in [0.1, 0.15) is 41.1 Å². The zero-order valence-corrected chi connectivity index (χ0v) is 17.3. The van der Waals surface area contributed by atoms with Gasteiger partial charge in [0.1, 0.15) is 18.4 Å². The fourth-order valence-electron chi connectivity index (χ4n) is 4.06. The van der Waals surface area contributed by atoms with Crippen LogP contribution in [0.3, 0.4) is 0 Å². The fraction of sp³-hybridized carbons (Fsp3) is 0.222. The molecule has 0 saturated carbocycles. The average Bonchev–Trinajstić information content (AvgIpc) is 3.04. The molecule has 0 saturated heterocycles. The van der Waals surface area contributed by atoms with Gasteiger partial charge in [-0.2, -0.15) is 0 Å². The van der Waals surface area contributed by atoms with E-state index < -0.39 is 0 Å². The first-order valence-electron chi connectivity index (χ1n) is 10.4. The Morgan fingerprint density at radius 2 is 1.31 bits per heavy atom. The molecule has 0 spiro atoms. The monoisotopic (exact) mass is 381 g/mol. The minimum Gasteiger partial charge on any atom is -0.236 e. The van der Waals surface area contributed by atoms with Gasteiger partial charge >= 0.3 is 0 Å². The Morgan fingerprint density at radius 1 is 0.759 bits per heavy atom. The molecule has 4 rings (SSSR count). The molecule has 0 radical (unpaired) electrons. The molecule has 2 heteroatoms. The number of hydrogen-bond donors (Lipinski definition) is 0. The van der Waals surface area contributed by atoms with Gasteiger partial charge in [0.15, 0.2) is 0 Å². The summed E-state index contributed by atoms with van der Waals surface area (Å²) < 4.78 is 4.82. The van der Waals surface area contributed by atoms with Gasteiger partial charge in [0.25, 0.3) is 5.82 Å². The third-order valence-electron chi connectivity index (χ3n) is 5.68. The van der Waals surface area contributed by atoms with Gasteiger partial charge in [0, 0.05) is 6.42 Å². The predicted molar refractivity (Wildman–Crippen MR) is 119 cm³/mol. The van der Waals surface area contributed by atoms with Gasteiger partial charge in [-0.05, 0) is 22.6 Å². The van der Waals surface area contributed by atoms with Crippen molar-refractivity contribution in [1.82, 2.24) is 4.57 Å². The first-order valence-corrected chi connectivity index (χ1v) is 10.4. The number of aryl methyl sites for hydroxylation is 1. The van der Waals surface area contributed by atoms with Crippen LogP contribution in [-0.4, -0.2) is 4.57 Å². The molecular weight excluding hydrogens is 352 g/mol. The minimum atomic E-state index is 0.477. The van der Waals surface area contributed by atoms with Gasteiger partial charge in [-0.15, -0.1) is 0 Å². The van der Waals surface area contributed by atoms with E-state index in [1.807, 2.05) is 0 Å². The summed E-state index contributed by atoms with van der Waals surface area (Å²) in [5.41, 5.74) is 5.47. The number of benzene rings is 3. The number of aromatic nitrogens is 2. The van der Waals surface area contributed by atoms with Crippen LogP contribution in [0.2, 0.25) is 0 Å². The first-order chi connectivity index (χ1) is 14.2. The Morgan fingerprint density at radius 3 is 1.93 bits per heavy atom. The molecule has 0 N–H and O–H groups in total. The lowest BCUT2D eigenvalue weighted by Crippen LogP contribution is -2.32. The average molecular weight is 382 g/mol. The molecule has 4 aromatic rings. The Hall–Kier alpha value is -3.13. The second-order valence-corrected chi connectivity index (χ2v) is 7.90. The van der Waals surface area contributed by atoms with Crippen LogP contribution in [0.4, 0.5) is 0 Å². The van der Waals surface area contributed by atoms with Crippen LogP contribution >= 0.6 is 0 Å². The quantitative estimate of drug-likeness (QED) is 0.384. The summed E-state index contributed by atoms with van der Waals surface area (Å²) in [5.74, 6) is 1.82. The summed E-state index contributed by atoms with van der Waals surface area (Å²) in [5, 5.41) is 0. The normalized spacial score (nSPS) is 12.1. The van der Waals surface area contributed by atoms with Crippen molar-refractivity contribution in [1.29, 1.82) is 0 Å². The van der Waals surface area contributed by atoms with E-state index in [0.29, 0.717) is 5.92 Å². The van der Waals surface area contributed by atoms with E-state index in [2.05, 4.69) is 120 Å². The molecule has 1 unspecified atom stereocenters. The van der Waals surface area contributed by atoms with Gasteiger partial charge in [-0.1, -0.05) is 97.9 Å². The largest absolute Gasteiger partial charge is 0.261 e. The molecule has 0 bridgehead atoms. The van der Waals surface area contributed by atoms with Gasteiger partial charge in [0.05, 0.1) is 13.5 Å². The van der Waals surface area contributed by atoms with Gasteiger partial charge in [-0.3, -0.25) is 0 Å². The summed E-state index contributed by atoms with van der Waals surface area (Å²) in [7, 11) is 2.18. The van der Waals surface area contributed by atoms with E-state index in [4.69, 9.17) is 0 Å². The van der Waals surface area contributed by atoms with E-state index in [-0.39, 0.29) is 0 Å². The van der Waals surface area contributed by atoms with Crippen LogP contribution in [-0.2, 0) is 26.4 Å². The van der Waals surface area contributed by atoms with Crippen LogP contribution in [0.5, 0.6) is 0 Å². The number of imidazole rings is 1. The Balaban J connectivity index is 1.69. The molecule has 146 valence electrons. The lowest BCUT2D eigenvalue weighted by Gasteiger charge is -2.12. The summed E-state index contributed by atoms with van der Waals surface area (Å²) in [4.78, 5) is 0. The highest BCUT2D eigenvalue weighted by atomic mass is 15.1. The molecule has 0 amide bonds. The standard InChI is InChI=1S/C27H29N2/c1-22(25-16-10-5-11-17-25)18-26-21-28(2)27(19-23-12-6-3-7-13-23)29(26)20-24-14-8-4-9-15-24/h3-17,21-22H,18-20H2,1-2H3/q+1. The van der Waals surface area contributed by atoms with Crippen molar-refractivity contribution in [2.45, 2.75) is 32.2 Å². The highest BCUT2D eigenvalue weighted by Gasteiger charge is 2.23. The molecule has 1 aromatic heterocycles. The first kappa shape index (κ1) is 19.2. The van der Waals surface area contributed by atoms with E-state index in [0.717, 1.165) is 19.4 Å². The summed E-state index contributed by atoms with van der Waals surface area (Å²) in [6.07, 6.45) is 4.28. The number of hydrogen-bond acceptors (Lipinski definition) is 0. The van der Waals surface area contributed by atoms with Gasteiger partial charge < -0.3 is 0 Å². The third-order valence-corrected chi connectivity index (χ3v) is 5.68. The third kappa shape index (κ3) is 4.65. The Bertz CT molecular complexity index is 1030. The molecule has 0 fully saturated rings. The zero-order chi connectivity index (χ0) is 20.1. The van der Waals surface area contributed by atoms with Crippen molar-refractivity contribution in [3.05, 3.63) is 125 Å². The molecule has 1 atom stereocenters. The number of rotatable bonds is 7. The van der Waals surface area contributed by atoms with E-state index in [9.17, 15) is 0 Å². The molecular formula is C27H29N2+. The maximum absolute atomic E-state index is 2.52. The molecule has 0 aliphatic carbocycles. The van der Waals surface area contributed by atoms with E-state index in [1.165, 1.54) is 28.2 Å². The van der Waals surface area contributed by atoms with E-state index in [1.54, 1.807) is 0 Å². The van der Waals surface area contributed by atoms with Crippen LogP contribution < -0.4 is 4.57 Å².